The molecule has 0 saturated carbocycles. The summed E-state index contributed by atoms with van der Waals surface area (Å²) in [7, 11) is 0. The van der Waals surface area contributed by atoms with Crippen LogP contribution in [-0.2, 0) is 6.42 Å². The lowest BCUT2D eigenvalue weighted by molar-refractivity contribution is 0.102. The number of benzene rings is 3. The average molecular weight is 394 g/mol. The zero-order valence-electron chi connectivity index (χ0n) is 16.3. The second-order valence-electron chi connectivity index (χ2n) is 6.59. The number of hydrogen-bond donors (Lipinski definition) is 1. The first-order valence-electron chi connectivity index (χ1n) is 9.52. The van der Waals surface area contributed by atoms with Crippen LogP contribution in [0.25, 0.3) is 22.6 Å². The first-order valence-corrected chi connectivity index (χ1v) is 9.52. The largest absolute Gasteiger partial charge is 0.421 e. The fourth-order valence-electron chi connectivity index (χ4n) is 3.14. The maximum Gasteiger partial charge on any atom is 0.256 e. The summed E-state index contributed by atoms with van der Waals surface area (Å²) in [6, 6.07) is 23.9. The molecule has 1 aromatic heterocycles. The van der Waals surface area contributed by atoms with Crippen LogP contribution in [0.1, 0.15) is 28.7 Å². The van der Waals surface area contributed by atoms with Crippen molar-refractivity contribution >= 4 is 11.6 Å². The van der Waals surface area contributed by atoms with Gasteiger partial charge in [0.05, 0.1) is 11.6 Å². The summed E-state index contributed by atoms with van der Waals surface area (Å²) in [5.41, 5.74) is 3.87. The third-order valence-corrected chi connectivity index (χ3v) is 4.67. The zero-order valence-corrected chi connectivity index (χ0v) is 16.3. The van der Waals surface area contributed by atoms with Gasteiger partial charge in [-0.2, -0.15) is 5.26 Å². The molecule has 0 bridgehead atoms. The van der Waals surface area contributed by atoms with Crippen LogP contribution in [0.3, 0.4) is 0 Å². The molecule has 6 heteroatoms. The van der Waals surface area contributed by atoms with Gasteiger partial charge in [-0.05, 0) is 42.0 Å². The molecular formula is C24H18N4O2. The summed E-state index contributed by atoms with van der Waals surface area (Å²) < 4.78 is 5.56. The van der Waals surface area contributed by atoms with E-state index < -0.39 is 0 Å². The molecule has 0 aliphatic heterocycles. The van der Waals surface area contributed by atoms with Crippen LogP contribution in [0.15, 0.2) is 77.2 Å². The monoisotopic (exact) mass is 394 g/mol. The van der Waals surface area contributed by atoms with Gasteiger partial charge in [0.15, 0.2) is 0 Å². The predicted octanol–water partition coefficient (Wildman–Crippen LogP) is 5.09. The second kappa shape index (κ2) is 8.41. The third-order valence-electron chi connectivity index (χ3n) is 4.67. The van der Waals surface area contributed by atoms with Crippen molar-refractivity contribution in [3.05, 3.63) is 89.8 Å². The van der Waals surface area contributed by atoms with E-state index in [4.69, 9.17) is 4.42 Å². The van der Waals surface area contributed by atoms with Gasteiger partial charge in [0.1, 0.15) is 0 Å². The van der Waals surface area contributed by atoms with Gasteiger partial charge in [-0.15, -0.1) is 10.2 Å². The maximum atomic E-state index is 13.0. The molecule has 4 rings (SSSR count). The molecule has 1 amide bonds. The Balaban J connectivity index is 1.58. The Kier molecular flexibility index (Phi) is 5.35. The molecule has 0 radical (unpaired) electrons. The van der Waals surface area contributed by atoms with Crippen molar-refractivity contribution in [2.45, 2.75) is 13.3 Å². The number of nitrogens with one attached hydrogen (secondary N) is 1. The molecule has 30 heavy (non-hydrogen) atoms. The summed E-state index contributed by atoms with van der Waals surface area (Å²) in [6.45, 7) is 1.95. The SMILES string of the molecule is CCc1nnc(-c2ccc(NC(=O)c3ccccc3-c3ccccc3C#N)cc2)o1. The van der Waals surface area contributed by atoms with E-state index in [9.17, 15) is 10.1 Å². The normalized spacial score (nSPS) is 10.4. The molecule has 0 aliphatic rings. The summed E-state index contributed by atoms with van der Waals surface area (Å²) in [4.78, 5) is 13.0. The van der Waals surface area contributed by atoms with Crippen LogP contribution in [0.2, 0.25) is 0 Å². The Morgan fingerprint density at radius 2 is 1.67 bits per heavy atom. The highest BCUT2D eigenvalue weighted by Crippen LogP contribution is 2.28. The second-order valence-corrected chi connectivity index (χ2v) is 6.59. The number of amides is 1. The van der Waals surface area contributed by atoms with Crippen molar-refractivity contribution in [3.8, 4) is 28.7 Å². The van der Waals surface area contributed by atoms with Gasteiger partial charge < -0.3 is 9.73 Å². The summed E-state index contributed by atoms with van der Waals surface area (Å²) in [5, 5.41) is 20.3. The van der Waals surface area contributed by atoms with Crippen LogP contribution >= 0.6 is 0 Å². The topological polar surface area (TPSA) is 91.8 Å². The van der Waals surface area contributed by atoms with Gasteiger partial charge in [-0.3, -0.25) is 4.79 Å². The lowest BCUT2D eigenvalue weighted by Crippen LogP contribution is -2.13. The number of aryl methyl sites for hydroxylation is 1. The first-order chi connectivity index (χ1) is 14.7. The molecule has 1 heterocycles. The van der Waals surface area contributed by atoms with Gasteiger partial charge in [-0.25, -0.2) is 0 Å². The number of nitrogens with zero attached hydrogens (tertiary/aromatic N) is 3. The number of rotatable bonds is 5. The van der Waals surface area contributed by atoms with E-state index in [-0.39, 0.29) is 5.91 Å². The van der Waals surface area contributed by atoms with Crippen LogP contribution in [0, 0.1) is 11.3 Å². The molecule has 6 nitrogen and oxygen atoms in total. The average Bonchev–Trinajstić information content (AvgIpc) is 3.29. The smallest absolute Gasteiger partial charge is 0.256 e. The Bertz CT molecular complexity index is 1240. The number of hydrogen-bond acceptors (Lipinski definition) is 5. The number of carbonyl (C=O) groups excluding carboxylic acids is 1. The van der Waals surface area contributed by atoms with Crippen LogP contribution < -0.4 is 5.32 Å². The number of nitriles is 1. The Morgan fingerprint density at radius 1 is 0.967 bits per heavy atom. The fourth-order valence-corrected chi connectivity index (χ4v) is 3.14. The molecule has 0 spiro atoms. The van der Waals surface area contributed by atoms with E-state index in [1.807, 2.05) is 43.3 Å². The molecule has 0 fully saturated rings. The number of aromatic nitrogens is 2. The minimum absolute atomic E-state index is 0.253. The van der Waals surface area contributed by atoms with Gasteiger partial charge in [0.2, 0.25) is 11.8 Å². The highest BCUT2D eigenvalue weighted by Gasteiger charge is 2.15. The van der Waals surface area contributed by atoms with Crippen LogP contribution in [0.4, 0.5) is 5.69 Å². The van der Waals surface area contributed by atoms with Gasteiger partial charge in [-0.1, -0.05) is 43.3 Å². The summed E-state index contributed by atoms with van der Waals surface area (Å²) in [5.74, 6) is 0.775. The van der Waals surface area contributed by atoms with Crippen LogP contribution in [-0.4, -0.2) is 16.1 Å². The highest BCUT2D eigenvalue weighted by atomic mass is 16.4. The van der Waals surface area contributed by atoms with E-state index in [0.29, 0.717) is 40.6 Å². The third kappa shape index (κ3) is 3.82. The van der Waals surface area contributed by atoms with Crippen molar-refractivity contribution in [2.24, 2.45) is 0 Å². The van der Waals surface area contributed by atoms with Crippen LogP contribution in [0.5, 0.6) is 0 Å². The first kappa shape index (κ1) is 19.1. The minimum Gasteiger partial charge on any atom is -0.421 e. The van der Waals surface area contributed by atoms with Crippen molar-refractivity contribution in [1.82, 2.24) is 10.2 Å². The van der Waals surface area contributed by atoms with Gasteiger partial charge in [0, 0.05) is 28.8 Å². The van der Waals surface area contributed by atoms with E-state index in [1.165, 1.54) is 0 Å². The standard InChI is InChI=1S/C24H18N4O2/c1-2-22-27-28-24(30-22)16-11-13-18(14-12-16)26-23(29)21-10-6-5-9-20(21)19-8-4-3-7-17(19)15-25/h3-14H,2H2,1H3,(H,26,29). The molecule has 3 aromatic carbocycles. The summed E-state index contributed by atoms with van der Waals surface area (Å²) >= 11 is 0. The Labute approximate surface area is 173 Å². The van der Waals surface area contributed by atoms with Crippen molar-refractivity contribution in [1.29, 1.82) is 5.26 Å². The lowest BCUT2D eigenvalue weighted by Gasteiger charge is -2.11. The Morgan fingerprint density at radius 3 is 2.37 bits per heavy atom. The maximum absolute atomic E-state index is 13.0. The Hall–Kier alpha value is -4.24. The lowest BCUT2D eigenvalue weighted by atomic mass is 9.95. The zero-order chi connectivity index (χ0) is 20.9. The number of anilines is 1. The van der Waals surface area contributed by atoms with Crippen molar-refractivity contribution < 1.29 is 9.21 Å². The predicted molar refractivity (Wildman–Crippen MR) is 114 cm³/mol. The van der Waals surface area contributed by atoms with E-state index in [0.717, 1.165) is 11.1 Å². The van der Waals surface area contributed by atoms with E-state index in [1.54, 1.807) is 36.4 Å². The van der Waals surface area contributed by atoms with Crippen molar-refractivity contribution in [2.75, 3.05) is 5.32 Å². The van der Waals surface area contributed by atoms with E-state index in [2.05, 4.69) is 21.6 Å². The molecule has 4 aromatic rings. The molecular weight excluding hydrogens is 376 g/mol. The fraction of sp³-hybridized carbons (Fsp3) is 0.0833. The highest BCUT2D eigenvalue weighted by molar-refractivity contribution is 6.09. The van der Waals surface area contributed by atoms with Gasteiger partial charge >= 0.3 is 0 Å². The summed E-state index contributed by atoms with van der Waals surface area (Å²) in [6.07, 6.45) is 0.676. The molecule has 0 saturated heterocycles. The number of carbonyl (C=O) groups is 1. The van der Waals surface area contributed by atoms with Gasteiger partial charge in [0.25, 0.3) is 5.91 Å². The quantitative estimate of drug-likeness (QED) is 0.509. The molecule has 146 valence electrons. The van der Waals surface area contributed by atoms with Crippen molar-refractivity contribution in [3.63, 3.8) is 0 Å². The molecule has 1 N–H and O–H groups in total. The minimum atomic E-state index is -0.253. The molecule has 0 unspecified atom stereocenters. The molecule has 0 atom stereocenters. The molecule has 0 aliphatic carbocycles. The van der Waals surface area contributed by atoms with E-state index >= 15 is 0 Å².